The molecule has 0 bridgehead atoms. The van der Waals surface area contributed by atoms with Crippen LogP contribution in [0, 0.1) is 20.8 Å². The van der Waals surface area contributed by atoms with E-state index >= 15 is 0 Å². The van der Waals surface area contributed by atoms with Crippen LogP contribution in [0.4, 0.5) is 0 Å². The highest BCUT2D eigenvalue weighted by atomic mass is 35.5. The van der Waals surface area contributed by atoms with Gasteiger partial charge in [0.25, 0.3) is 0 Å². The van der Waals surface area contributed by atoms with Crippen LogP contribution in [0.3, 0.4) is 0 Å². The first-order valence-corrected chi connectivity index (χ1v) is 9.36. The van der Waals surface area contributed by atoms with Gasteiger partial charge in [0.15, 0.2) is 0 Å². The average molecular weight is 375 g/mol. The molecule has 0 aliphatic carbocycles. The van der Waals surface area contributed by atoms with Crippen molar-refractivity contribution >= 4 is 17.6 Å². The molecular weight excluding hydrogens is 348 g/mol. The second-order valence-electron chi connectivity index (χ2n) is 6.97. The van der Waals surface area contributed by atoms with Crippen LogP contribution in [-0.4, -0.2) is 12.6 Å². The minimum Gasteiger partial charge on any atom is -0.494 e. The maximum Gasteiger partial charge on any atom is 0.311 e. The monoisotopic (exact) mass is 374 g/mol. The van der Waals surface area contributed by atoms with E-state index in [1.54, 1.807) is 12.1 Å². The van der Waals surface area contributed by atoms with Crippen LogP contribution in [0.1, 0.15) is 54.9 Å². The number of hydrogen-bond acceptors (Lipinski definition) is 3. The molecule has 0 saturated heterocycles. The summed E-state index contributed by atoms with van der Waals surface area (Å²) >= 11 is 6.13. The fourth-order valence-corrected chi connectivity index (χ4v) is 3.05. The lowest BCUT2D eigenvalue weighted by molar-refractivity contribution is -0.134. The van der Waals surface area contributed by atoms with Gasteiger partial charge in [0.2, 0.25) is 0 Å². The van der Waals surface area contributed by atoms with Crippen molar-refractivity contribution in [1.29, 1.82) is 0 Å². The highest BCUT2D eigenvalue weighted by Gasteiger charge is 2.09. The second kappa shape index (κ2) is 9.09. The summed E-state index contributed by atoms with van der Waals surface area (Å²) < 4.78 is 11.1. The van der Waals surface area contributed by atoms with Crippen molar-refractivity contribution in [3.8, 4) is 11.5 Å². The number of carbonyl (C=O) groups is 1. The standard InChI is InChI=1S/C22H27ClO3/c1-14(2)20-9-8-18(11-15(20)3)25-10-6-7-21(24)26-19-12-16(4)22(23)17(5)13-19/h8-9,11-14H,6-7,10H2,1-5H3. The quantitative estimate of drug-likeness (QED) is 0.331. The van der Waals surface area contributed by atoms with Crippen molar-refractivity contribution in [2.75, 3.05) is 6.61 Å². The number of hydrogen-bond donors (Lipinski definition) is 0. The van der Waals surface area contributed by atoms with Crippen LogP contribution in [0.15, 0.2) is 30.3 Å². The van der Waals surface area contributed by atoms with Gasteiger partial charge in [-0.15, -0.1) is 0 Å². The van der Waals surface area contributed by atoms with Gasteiger partial charge >= 0.3 is 5.97 Å². The number of ether oxygens (including phenoxy) is 2. The molecule has 0 spiro atoms. The number of rotatable bonds is 7. The fraction of sp³-hybridized carbons (Fsp3) is 0.409. The summed E-state index contributed by atoms with van der Waals surface area (Å²) in [6.07, 6.45) is 0.916. The first-order valence-electron chi connectivity index (χ1n) is 8.98. The number of halogens is 1. The van der Waals surface area contributed by atoms with Crippen LogP contribution in [0.5, 0.6) is 11.5 Å². The molecule has 4 heteroatoms. The number of aryl methyl sites for hydroxylation is 3. The molecule has 0 fully saturated rings. The topological polar surface area (TPSA) is 35.5 Å². The van der Waals surface area contributed by atoms with Crippen LogP contribution in [-0.2, 0) is 4.79 Å². The minimum atomic E-state index is -0.263. The molecule has 140 valence electrons. The molecule has 0 aromatic heterocycles. The van der Waals surface area contributed by atoms with Crippen LogP contribution >= 0.6 is 11.6 Å². The van der Waals surface area contributed by atoms with Crippen molar-refractivity contribution in [3.05, 3.63) is 57.6 Å². The molecule has 0 aliphatic rings. The molecule has 26 heavy (non-hydrogen) atoms. The molecule has 0 atom stereocenters. The maximum atomic E-state index is 12.0. The Morgan fingerprint density at radius 1 is 1.00 bits per heavy atom. The third-order valence-electron chi connectivity index (χ3n) is 4.30. The Bertz CT molecular complexity index is 758. The third kappa shape index (κ3) is 5.50. The predicted molar refractivity (Wildman–Crippen MR) is 107 cm³/mol. The highest BCUT2D eigenvalue weighted by Crippen LogP contribution is 2.26. The summed E-state index contributed by atoms with van der Waals surface area (Å²) in [6, 6.07) is 9.70. The molecule has 2 aromatic rings. The average Bonchev–Trinajstić information content (AvgIpc) is 2.56. The highest BCUT2D eigenvalue weighted by molar-refractivity contribution is 6.32. The van der Waals surface area contributed by atoms with Crippen molar-refractivity contribution in [3.63, 3.8) is 0 Å². The lowest BCUT2D eigenvalue weighted by Crippen LogP contribution is -2.10. The minimum absolute atomic E-state index is 0.263. The van der Waals surface area contributed by atoms with Gasteiger partial charge in [-0.25, -0.2) is 0 Å². The lowest BCUT2D eigenvalue weighted by atomic mass is 9.98. The van der Waals surface area contributed by atoms with Gasteiger partial charge in [-0.1, -0.05) is 31.5 Å². The molecule has 0 heterocycles. The van der Waals surface area contributed by atoms with E-state index < -0.39 is 0 Å². The zero-order valence-electron chi connectivity index (χ0n) is 16.2. The predicted octanol–water partition coefficient (Wildman–Crippen LogP) is 6.15. The van der Waals surface area contributed by atoms with Crippen LogP contribution in [0.25, 0.3) is 0 Å². The van der Waals surface area contributed by atoms with Crippen molar-refractivity contribution in [1.82, 2.24) is 0 Å². The molecule has 2 aromatic carbocycles. The van der Waals surface area contributed by atoms with E-state index in [2.05, 4.69) is 26.8 Å². The molecule has 0 aliphatic heterocycles. The normalized spacial score (nSPS) is 10.9. The Balaban J connectivity index is 1.79. The van der Waals surface area contributed by atoms with E-state index in [0.29, 0.717) is 36.1 Å². The SMILES string of the molecule is Cc1cc(OCCCC(=O)Oc2cc(C)c(Cl)c(C)c2)ccc1C(C)C. The van der Waals surface area contributed by atoms with Gasteiger partial charge in [0.05, 0.1) is 6.61 Å². The molecule has 2 rings (SSSR count). The summed E-state index contributed by atoms with van der Waals surface area (Å²) in [5.41, 5.74) is 4.36. The first-order chi connectivity index (χ1) is 12.3. The van der Waals surface area contributed by atoms with Gasteiger partial charge in [-0.2, -0.15) is 0 Å². The summed E-state index contributed by atoms with van der Waals surface area (Å²) in [5.74, 6) is 1.61. The zero-order valence-corrected chi connectivity index (χ0v) is 16.9. The van der Waals surface area contributed by atoms with Crippen molar-refractivity contribution in [2.24, 2.45) is 0 Å². The van der Waals surface area contributed by atoms with E-state index in [9.17, 15) is 4.79 Å². The summed E-state index contributed by atoms with van der Waals surface area (Å²) in [6.45, 7) is 10.7. The Labute approximate surface area is 161 Å². The Morgan fingerprint density at radius 3 is 2.19 bits per heavy atom. The Kier molecular flexibility index (Phi) is 7.10. The van der Waals surface area contributed by atoms with Crippen molar-refractivity contribution < 1.29 is 14.3 Å². The van der Waals surface area contributed by atoms with Gasteiger partial charge in [0, 0.05) is 11.4 Å². The van der Waals surface area contributed by atoms with Gasteiger partial charge < -0.3 is 9.47 Å². The maximum absolute atomic E-state index is 12.0. The Hall–Kier alpha value is -2.00. The molecule has 0 radical (unpaired) electrons. The van der Waals surface area contributed by atoms with Gasteiger partial charge in [-0.3, -0.25) is 4.79 Å². The summed E-state index contributed by atoms with van der Waals surface area (Å²) in [7, 11) is 0. The number of carbonyl (C=O) groups excluding carboxylic acids is 1. The fourth-order valence-electron chi connectivity index (χ4n) is 2.94. The van der Waals surface area contributed by atoms with Crippen molar-refractivity contribution in [2.45, 2.75) is 53.4 Å². The Morgan fingerprint density at radius 2 is 1.62 bits per heavy atom. The van der Waals surface area contributed by atoms with Gasteiger partial charge in [0.1, 0.15) is 11.5 Å². The smallest absolute Gasteiger partial charge is 0.311 e. The first kappa shape index (κ1) is 20.3. The molecule has 0 N–H and O–H groups in total. The lowest BCUT2D eigenvalue weighted by Gasteiger charge is -2.12. The van der Waals surface area contributed by atoms with E-state index in [4.69, 9.17) is 21.1 Å². The summed E-state index contributed by atoms with van der Waals surface area (Å²) in [4.78, 5) is 12.0. The third-order valence-corrected chi connectivity index (χ3v) is 4.90. The molecule has 0 amide bonds. The second-order valence-corrected chi connectivity index (χ2v) is 7.35. The number of benzene rings is 2. The molecular formula is C22H27ClO3. The molecule has 3 nitrogen and oxygen atoms in total. The summed E-state index contributed by atoms with van der Waals surface area (Å²) in [5, 5.41) is 0.706. The number of esters is 1. The van der Waals surface area contributed by atoms with Crippen LogP contribution in [0.2, 0.25) is 5.02 Å². The zero-order chi connectivity index (χ0) is 19.3. The molecule has 0 saturated carbocycles. The molecule has 0 unspecified atom stereocenters. The van der Waals surface area contributed by atoms with Crippen LogP contribution < -0.4 is 9.47 Å². The van der Waals surface area contributed by atoms with E-state index in [1.165, 1.54) is 11.1 Å². The van der Waals surface area contributed by atoms with E-state index in [-0.39, 0.29) is 5.97 Å². The largest absolute Gasteiger partial charge is 0.494 e. The van der Waals surface area contributed by atoms with Gasteiger partial charge in [-0.05, 0) is 79.6 Å². The van der Waals surface area contributed by atoms with E-state index in [1.807, 2.05) is 26.0 Å². The van der Waals surface area contributed by atoms with E-state index in [0.717, 1.165) is 16.9 Å².